The molecule has 0 saturated carbocycles. The van der Waals surface area contributed by atoms with Gasteiger partial charge in [0.2, 0.25) is 5.91 Å². The summed E-state index contributed by atoms with van der Waals surface area (Å²) in [5.41, 5.74) is -2.12. The second-order valence-electron chi connectivity index (χ2n) is 6.20. The number of carboxylic acids is 2. The Morgan fingerprint density at radius 2 is 1.70 bits per heavy atom. The van der Waals surface area contributed by atoms with Crippen LogP contribution in [0.4, 0.5) is 0 Å². The molecule has 1 saturated heterocycles. The predicted molar refractivity (Wildman–Crippen MR) is 102 cm³/mol. The van der Waals surface area contributed by atoms with Gasteiger partial charge in [0.15, 0.2) is 5.60 Å². The predicted octanol–water partition coefficient (Wildman–Crippen LogP) is 0.128. The van der Waals surface area contributed by atoms with E-state index in [1.165, 1.54) is 18.2 Å². The molecule has 30 heavy (non-hydrogen) atoms. The van der Waals surface area contributed by atoms with E-state index in [0.29, 0.717) is 0 Å². The summed E-state index contributed by atoms with van der Waals surface area (Å²) in [6, 6.07) is 4.24. The van der Waals surface area contributed by atoms with Gasteiger partial charge in [-0.05, 0) is 18.2 Å². The lowest BCUT2D eigenvalue weighted by Gasteiger charge is -2.20. The van der Waals surface area contributed by atoms with Crippen LogP contribution in [0.2, 0.25) is 10.0 Å². The van der Waals surface area contributed by atoms with Crippen LogP contribution >= 0.6 is 23.2 Å². The van der Waals surface area contributed by atoms with Crippen molar-refractivity contribution >= 4 is 60.0 Å². The first-order valence-corrected chi connectivity index (χ1v) is 9.10. The van der Waals surface area contributed by atoms with Gasteiger partial charge in [0.05, 0.1) is 36.4 Å². The number of benzene rings is 1. The Hall–Kier alpha value is -2.83. The van der Waals surface area contributed by atoms with Crippen LogP contribution in [0, 0.1) is 0 Å². The lowest BCUT2D eigenvalue weighted by molar-refractivity contribution is -0.157. The Bertz CT molecular complexity index is 879. The smallest absolute Gasteiger partial charge is 0.506 e. The first-order valence-electron chi connectivity index (χ1n) is 8.35. The zero-order chi connectivity index (χ0) is 22.5. The van der Waals surface area contributed by atoms with Crippen LogP contribution in [0.3, 0.4) is 0 Å². The Kier molecular flexibility index (Phi) is 7.65. The SMILES string of the molecule is O=C(O)CC1(CC(=O)O)OB(CNC(=O)CNC(=O)c2cc(Cl)ccc2Cl)OC1=O. The Morgan fingerprint density at radius 3 is 2.30 bits per heavy atom. The molecule has 2 amide bonds. The molecule has 4 N–H and O–H groups in total. The molecule has 0 bridgehead atoms. The minimum absolute atomic E-state index is 0.0668. The van der Waals surface area contributed by atoms with E-state index in [2.05, 4.69) is 10.6 Å². The molecule has 0 aliphatic carbocycles. The van der Waals surface area contributed by atoms with E-state index in [1.54, 1.807) is 0 Å². The van der Waals surface area contributed by atoms with Crippen molar-refractivity contribution < 1.29 is 43.5 Å². The van der Waals surface area contributed by atoms with Crippen LogP contribution in [0.15, 0.2) is 18.2 Å². The van der Waals surface area contributed by atoms with Gasteiger partial charge in [-0.3, -0.25) is 24.0 Å². The highest BCUT2D eigenvalue weighted by molar-refractivity contribution is 6.50. The molecule has 0 radical (unpaired) electrons. The van der Waals surface area contributed by atoms with Gasteiger partial charge in [0.25, 0.3) is 5.91 Å². The third-order valence-corrected chi connectivity index (χ3v) is 4.45. The molecule has 1 aliphatic rings. The Labute approximate surface area is 179 Å². The van der Waals surface area contributed by atoms with E-state index in [-0.39, 0.29) is 22.1 Å². The summed E-state index contributed by atoms with van der Waals surface area (Å²) in [6.07, 6.45) is -2.22. The van der Waals surface area contributed by atoms with Crippen molar-refractivity contribution in [3.05, 3.63) is 33.8 Å². The van der Waals surface area contributed by atoms with Gasteiger partial charge in [0, 0.05) is 5.02 Å². The van der Waals surface area contributed by atoms with Crippen molar-refractivity contribution in [2.45, 2.75) is 18.4 Å². The second-order valence-corrected chi connectivity index (χ2v) is 7.04. The zero-order valence-corrected chi connectivity index (χ0v) is 16.7. The van der Waals surface area contributed by atoms with Crippen LogP contribution in [0.5, 0.6) is 0 Å². The molecule has 160 valence electrons. The fourth-order valence-electron chi connectivity index (χ4n) is 2.60. The largest absolute Gasteiger partial charge is 0.548 e. The van der Waals surface area contributed by atoms with Crippen molar-refractivity contribution in [1.29, 1.82) is 0 Å². The zero-order valence-electron chi connectivity index (χ0n) is 15.1. The molecule has 1 heterocycles. The maximum Gasteiger partial charge on any atom is 0.548 e. The van der Waals surface area contributed by atoms with Gasteiger partial charge in [-0.15, -0.1) is 0 Å². The minimum Gasteiger partial charge on any atom is -0.506 e. The summed E-state index contributed by atoms with van der Waals surface area (Å²) in [4.78, 5) is 57.9. The van der Waals surface area contributed by atoms with E-state index in [1.807, 2.05) is 0 Å². The van der Waals surface area contributed by atoms with Crippen LogP contribution < -0.4 is 10.6 Å². The van der Waals surface area contributed by atoms with E-state index in [9.17, 15) is 24.0 Å². The molecular formula is C16H15BCl2N2O9. The van der Waals surface area contributed by atoms with Crippen LogP contribution in [0.1, 0.15) is 23.2 Å². The molecule has 0 unspecified atom stereocenters. The normalized spacial score (nSPS) is 14.7. The highest BCUT2D eigenvalue weighted by Crippen LogP contribution is 2.30. The van der Waals surface area contributed by atoms with E-state index < -0.39 is 61.8 Å². The number of carbonyl (C=O) groups excluding carboxylic acids is 3. The van der Waals surface area contributed by atoms with E-state index >= 15 is 0 Å². The number of aliphatic carboxylic acids is 2. The molecular weight excluding hydrogens is 446 g/mol. The molecule has 11 nitrogen and oxygen atoms in total. The summed E-state index contributed by atoms with van der Waals surface area (Å²) in [6.45, 7) is -0.461. The molecule has 1 aliphatic heterocycles. The van der Waals surface area contributed by atoms with Gasteiger partial charge in [-0.1, -0.05) is 23.2 Å². The topological polar surface area (TPSA) is 168 Å². The first kappa shape index (κ1) is 23.5. The molecule has 14 heteroatoms. The summed E-state index contributed by atoms with van der Waals surface area (Å²) >= 11 is 11.7. The molecule has 0 atom stereocenters. The number of halogens is 2. The summed E-state index contributed by atoms with van der Waals surface area (Å²) in [7, 11) is -1.39. The number of amides is 2. The van der Waals surface area contributed by atoms with Gasteiger partial charge >= 0.3 is 25.0 Å². The maximum absolute atomic E-state index is 12.1. The molecule has 0 aromatic heterocycles. The molecule has 1 aromatic carbocycles. The van der Waals surface area contributed by atoms with Crippen molar-refractivity contribution in [2.24, 2.45) is 0 Å². The number of hydrogen-bond acceptors (Lipinski definition) is 7. The van der Waals surface area contributed by atoms with E-state index in [4.69, 9.17) is 42.7 Å². The van der Waals surface area contributed by atoms with Gasteiger partial charge in [-0.25, -0.2) is 0 Å². The van der Waals surface area contributed by atoms with Crippen LogP contribution in [-0.2, 0) is 28.5 Å². The van der Waals surface area contributed by atoms with Gasteiger partial charge in [-0.2, -0.15) is 0 Å². The lowest BCUT2D eigenvalue weighted by atomic mass is 9.89. The Morgan fingerprint density at radius 1 is 1.07 bits per heavy atom. The number of nitrogens with one attached hydrogen (secondary N) is 2. The quantitative estimate of drug-likeness (QED) is 0.374. The lowest BCUT2D eigenvalue weighted by Crippen LogP contribution is -2.44. The van der Waals surface area contributed by atoms with Crippen molar-refractivity contribution in [2.75, 3.05) is 13.0 Å². The highest BCUT2D eigenvalue weighted by Gasteiger charge is 2.55. The number of hydrogen-bond donors (Lipinski definition) is 4. The average molecular weight is 461 g/mol. The Balaban J connectivity index is 1.88. The van der Waals surface area contributed by atoms with E-state index in [0.717, 1.165) is 0 Å². The van der Waals surface area contributed by atoms with Crippen LogP contribution in [-0.4, -0.2) is 65.6 Å². The highest BCUT2D eigenvalue weighted by atomic mass is 35.5. The van der Waals surface area contributed by atoms with Crippen molar-refractivity contribution in [3.63, 3.8) is 0 Å². The van der Waals surface area contributed by atoms with Crippen LogP contribution in [0.25, 0.3) is 0 Å². The maximum atomic E-state index is 12.1. The number of carboxylic acid groups (broad SMARTS) is 2. The summed E-state index contributed by atoms with van der Waals surface area (Å²) in [5, 5.41) is 22.9. The second kappa shape index (κ2) is 9.78. The first-order chi connectivity index (χ1) is 14.0. The third-order valence-electron chi connectivity index (χ3n) is 3.89. The minimum atomic E-state index is -2.19. The molecule has 2 rings (SSSR count). The molecule has 1 fully saturated rings. The third kappa shape index (κ3) is 6.08. The van der Waals surface area contributed by atoms with Gasteiger partial charge < -0.3 is 30.2 Å². The fraction of sp³-hybridized carbons (Fsp3) is 0.312. The summed E-state index contributed by atoms with van der Waals surface area (Å²) in [5.74, 6) is -5.41. The monoisotopic (exact) mass is 460 g/mol. The van der Waals surface area contributed by atoms with Gasteiger partial charge in [0.1, 0.15) is 0 Å². The fourth-order valence-corrected chi connectivity index (χ4v) is 2.98. The number of rotatable bonds is 9. The van der Waals surface area contributed by atoms with Crippen molar-refractivity contribution in [1.82, 2.24) is 10.6 Å². The standard InChI is InChI=1S/C16H15BCl2N2O9/c18-8-1-2-10(19)9(3-8)14(27)20-6-11(22)21-7-17-29-15(28)16(30-17,4-12(23)24)5-13(25)26/h1-3H,4-7H2,(H,20,27)(H,21,22)(H,23,24)(H,25,26). The molecule has 0 spiro atoms. The van der Waals surface area contributed by atoms with Crippen molar-refractivity contribution in [3.8, 4) is 0 Å². The summed E-state index contributed by atoms with van der Waals surface area (Å²) < 4.78 is 10.0. The average Bonchev–Trinajstić information content (AvgIpc) is 2.93. The number of carbonyl (C=O) groups is 5. The molecule has 1 aromatic rings.